The molecular formula is C21H26ClFN6O4. The molecule has 10 nitrogen and oxygen atoms in total. The molecular weight excluding hydrogens is 455 g/mol. The minimum Gasteiger partial charge on any atom is -0.356 e. The molecule has 0 spiro atoms. The number of fused-ring (bicyclic) bond motifs is 1. The Bertz CT molecular complexity index is 1010. The number of para-hydroxylation sites is 2. The number of alkyl halides is 2. The Labute approximate surface area is 194 Å². The van der Waals surface area contributed by atoms with Crippen molar-refractivity contribution >= 4 is 46.3 Å². The zero-order valence-electron chi connectivity index (χ0n) is 18.2. The smallest absolute Gasteiger partial charge is 0.291 e. The van der Waals surface area contributed by atoms with E-state index in [4.69, 9.17) is 11.6 Å². The number of halogens is 2. The molecule has 1 aromatic heterocycles. The molecule has 4 N–H and O–H groups in total. The Balaban J connectivity index is 1.74. The van der Waals surface area contributed by atoms with Crippen molar-refractivity contribution in [3.63, 3.8) is 0 Å². The van der Waals surface area contributed by atoms with E-state index in [0.29, 0.717) is 29.0 Å². The lowest BCUT2D eigenvalue weighted by atomic mass is 10.0. The number of hydrogen-bond donors (Lipinski definition) is 4. The predicted octanol–water partition coefficient (Wildman–Crippen LogP) is 1.24. The lowest BCUT2D eigenvalue weighted by molar-refractivity contribution is -0.145. The van der Waals surface area contributed by atoms with E-state index in [1.807, 2.05) is 13.8 Å². The van der Waals surface area contributed by atoms with Crippen LogP contribution in [0.2, 0.25) is 0 Å². The van der Waals surface area contributed by atoms with Gasteiger partial charge in [-0.15, -0.1) is 0 Å². The van der Waals surface area contributed by atoms with Crippen molar-refractivity contribution in [3.8, 4) is 0 Å². The average Bonchev–Trinajstić information content (AvgIpc) is 3.37. The highest BCUT2D eigenvalue weighted by molar-refractivity contribution is 6.29. The number of hydrazine groups is 1. The first-order chi connectivity index (χ1) is 15.7. The number of imidazole rings is 1. The maximum atomic E-state index is 13.6. The summed E-state index contributed by atoms with van der Waals surface area (Å²) in [7, 11) is 0. The van der Waals surface area contributed by atoms with Crippen LogP contribution in [0.25, 0.3) is 11.0 Å². The van der Waals surface area contributed by atoms with Crippen molar-refractivity contribution in [3.05, 3.63) is 30.1 Å². The van der Waals surface area contributed by atoms with Gasteiger partial charge in [0, 0.05) is 6.54 Å². The van der Waals surface area contributed by atoms with Crippen LogP contribution in [0.5, 0.6) is 0 Å². The highest BCUT2D eigenvalue weighted by Gasteiger charge is 2.33. The lowest BCUT2D eigenvalue weighted by Crippen LogP contribution is -2.57. The number of H-pyrrole nitrogens is 1. The highest BCUT2D eigenvalue weighted by Crippen LogP contribution is 2.14. The van der Waals surface area contributed by atoms with Gasteiger partial charge in [-0.3, -0.25) is 24.6 Å². The van der Waals surface area contributed by atoms with Gasteiger partial charge < -0.3 is 15.6 Å². The van der Waals surface area contributed by atoms with Crippen molar-refractivity contribution in [1.82, 2.24) is 31.0 Å². The first kappa shape index (κ1) is 24.4. The summed E-state index contributed by atoms with van der Waals surface area (Å²) in [5.74, 6) is -3.43. The van der Waals surface area contributed by atoms with Crippen LogP contribution in [0.4, 0.5) is 4.39 Å². The SMILES string of the molecule is CC(C)C[C@H](NC(=O)c1nc2ccccc2[nH]1)C(=O)NN(CC1CCNC1=O)C(=O)C(F)Cl. The van der Waals surface area contributed by atoms with Crippen molar-refractivity contribution in [2.45, 2.75) is 38.4 Å². The maximum Gasteiger partial charge on any atom is 0.291 e. The van der Waals surface area contributed by atoms with Crippen LogP contribution in [-0.2, 0) is 14.4 Å². The van der Waals surface area contributed by atoms with E-state index in [0.717, 1.165) is 0 Å². The molecule has 0 bridgehead atoms. The first-order valence-electron chi connectivity index (χ1n) is 10.6. The minimum atomic E-state index is -2.40. The number of amides is 4. The largest absolute Gasteiger partial charge is 0.356 e. The fourth-order valence-electron chi connectivity index (χ4n) is 3.55. The van der Waals surface area contributed by atoms with Crippen molar-refractivity contribution in [2.24, 2.45) is 11.8 Å². The van der Waals surface area contributed by atoms with Gasteiger partial charge in [-0.1, -0.05) is 37.6 Å². The van der Waals surface area contributed by atoms with Crippen molar-refractivity contribution in [1.29, 1.82) is 0 Å². The van der Waals surface area contributed by atoms with Crippen LogP contribution >= 0.6 is 11.6 Å². The lowest BCUT2D eigenvalue weighted by Gasteiger charge is -2.28. The fraction of sp³-hybridized carbons (Fsp3) is 0.476. The molecule has 12 heteroatoms. The Hall–Kier alpha value is -3.21. The zero-order chi connectivity index (χ0) is 24.1. The third-order valence-electron chi connectivity index (χ3n) is 5.20. The molecule has 1 aliphatic rings. The number of rotatable bonds is 8. The van der Waals surface area contributed by atoms with E-state index in [2.05, 4.69) is 26.0 Å². The molecule has 1 aromatic carbocycles. The second-order valence-corrected chi connectivity index (χ2v) is 8.64. The summed E-state index contributed by atoms with van der Waals surface area (Å²) in [6, 6.07) is 6.03. The Morgan fingerprint density at radius 2 is 2.03 bits per heavy atom. The maximum absolute atomic E-state index is 13.6. The van der Waals surface area contributed by atoms with Crippen LogP contribution < -0.4 is 16.1 Å². The van der Waals surface area contributed by atoms with E-state index < -0.39 is 35.3 Å². The van der Waals surface area contributed by atoms with Crippen molar-refractivity contribution in [2.75, 3.05) is 13.1 Å². The quantitative estimate of drug-likeness (QED) is 0.333. The first-order valence-corrected chi connectivity index (χ1v) is 11.0. The summed E-state index contributed by atoms with van der Waals surface area (Å²) in [6.07, 6.45) is 0.666. The fourth-order valence-corrected chi connectivity index (χ4v) is 3.67. The average molecular weight is 481 g/mol. The van der Waals surface area contributed by atoms with Gasteiger partial charge in [-0.25, -0.2) is 14.4 Å². The van der Waals surface area contributed by atoms with Gasteiger partial charge in [-0.2, -0.15) is 0 Å². The molecule has 4 amide bonds. The molecule has 2 heterocycles. The Kier molecular flexibility index (Phi) is 7.85. The van der Waals surface area contributed by atoms with Gasteiger partial charge in [0.25, 0.3) is 23.4 Å². The van der Waals surface area contributed by atoms with Gasteiger partial charge in [0.05, 0.1) is 23.5 Å². The standard InChI is InChI=1S/C21H26ClFN6O4/c1-11(2)9-15(27-20(32)17-25-13-5-3-4-6-14(13)26-17)19(31)28-29(21(33)16(22)23)10-12-7-8-24-18(12)30/h3-6,11-12,15-16H,7-10H2,1-2H3,(H,24,30)(H,25,26)(H,27,32)(H,28,31)/t12?,15-,16?/m0/s1. The summed E-state index contributed by atoms with van der Waals surface area (Å²) in [4.78, 5) is 57.0. The molecule has 1 fully saturated rings. The second kappa shape index (κ2) is 10.6. The number of carbonyl (C=O) groups is 4. The van der Waals surface area contributed by atoms with Gasteiger partial charge in [0.1, 0.15) is 6.04 Å². The van der Waals surface area contributed by atoms with Crippen LogP contribution in [-0.4, -0.2) is 63.4 Å². The molecule has 0 aliphatic carbocycles. The number of nitrogens with one attached hydrogen (secondary N) is 4. The summed E-state index contributed by atoms with van der Waals surface area (Å²) in [5.41, 5.74) is 1.18. The van der Waals surface area contributed by atoms with Crippen molar-refractivity contribution < 1.29 is 23.6 Å². The normalized spacial score (nSPS) is 17.5. The monoisotopic (exact) mass is 480 g/mol. The van der Waals surface area contributed by atoms with Gasteiger partial charge in [0.15, 0.2) is 5.82 Å². The summed E-state index contributed by atoms with van der Waals surface area (Å²) in [6.45, 7) is 3.89. The minimum absolute atomic E-state index is 0.00318. The topological polar surface area (TPSA) is 136 Å². The van der Waals surface area contributed by atoms with Gasteiger partial charge >= 0.3 is 0 Å². The van der Waals surface area contributed by atoms with E-state index in [1.165, 1.54) is 0 Å². The van der Waals surface area contributed by atoms with Crippen LogP contribution in [0.15, 0.2) is 24.3 Å². The number of carbonyl (C=O) groups excluding carboxylic acids is 4. The Morgan fingerprint density at radius 1 is 1.30 bits per heavy atom. The molecule has 0 saturated carbocycles. The number of hydrogen-bond acceptors (Lipinski definition) is 5. The number of aromatic amines is 1. The molecule has 1 aliphatic heterocycles. The van der Waals surface area contributed by atoms with Gasteiger partial charge in [0.2, 0.25) is 5.91 Å². The van der Waals surface area contributed by atoms with Crippen LogP contribution in [0.1, 0.15) is 37.3 Å². The zero-order valence-corrected chi connectivity index (χ0v) is 19.0. The molecule has 2 unspecified atom stereocenters. The van der Waals surface area contributed by atoms with E-state index in [9.17, 15) is 23.6 Å². The molecule has 33 heavy (non-hydrogen) atoms. The number of benzene rings is 1. The highest BCUT2D eigenvalue weighted by atomic mass is 35.5. The Morgan fingerprint density at radius 3 is 2.64 bits per heavy atom. The molecule has 0 radical (unpaired) electrons. The molecule has 178 valence electrons. The third kappa shape index (κ3) is 6.19. The number of nitrogens with zero attached hydrogens (tertiary/aromatic N) is 2. The van der Waals surface area contributed by atoms with E-state index in [1.54, 1.807) is 24.3 Å². The van der Waals surface area contributed by atoms with Crippen LogP contribution in [0, 0.1) is 11.8 Å². The third-order valence-corrected chi connectivity index (χ3v) is 5.38. The molecule has 2 aromatic rings. The second-order valence-electron chi connectivity index (χ2n) is 8.26. The van der Waals surface area contributed by atoms with Crippen LogP contribution in [0.3, 0.4) is 0 Å². The molecule has 3 atom stereocenters. The predicted molar refractivity (Wildman–Crippen MR) is 119 cm³/mol. The number of aromatic nitrogens is 2. The summed E-state index contributed by atoms with van der Waals surface area (Å²) >= 11 is 5.30. The molecule has 3 rings (SSSR count). The van der Waals surface area contributed by atoms with E-state index >= 15 is 0 Å². The summed E-state index contributed by atoms with van der Waals surface area (Å²) in [5, 5.41) is 5.93. The van der Waals surface area contributed by atoms with Gasteiger partial charge in [-0.05, 0) is 30.9 Å². The molecule has 1 saturated heterocycles. The summed E-state index contributed by atoms with van der Waals surface area (Å²) < 4.78 is 13.6. The van der Waals surface area contributed by atoms with E-state index in [-0.39, 0.29) is 30.6 Å².